The molecule has 0 radical (unpaired) electrons. The van der Waals surface area contributed by atoms with Crippen LogP contribution in [0.15, 0.2) is 17.0 Å². The summed E-state index contributed by atoms with van der Waals surface area (Å²) in [5.41, 5.74) is 1.35. The van der Waals surface area contributed by atoms with Crippen molar-refractivity contribution < 1.29 is 14.1 Å². The minimum atomic E-state index is -0.337. The second-order valence-electron chi connectivity index (χ2n) is 7.62. The largest absolute Gasteiger partial charge is 0.368 e. The lowest BCUT2D eigenvalue weighted by atomic mass is 9.99. The van der Waals surface area contributed by atoms with Crippen molar-refractivity contribution in [3.05, 3.63) is 24.1 Å². The molecule has 28 heavy (non-hydrogen) atoms. The molecular weight excluding hydrogens is 360 g/mol. The lowest BCUT2D eigenvalue weighted by molar-refractivity contribution is -0.140. The zero-order valence-electron chi connectivity index (χ0n) is 16.4. The maximum absolute atomic E-state index is 12.8. The fourth-order valence-electron chi connectivity index (χ4n) is 3.73. The summed E-state index contributed by atoms with van der Waals surface area (Å²) < 4.78 is 11.0. The van der Waals surface area contributed by atoms with Gasteiger partial charge in [0.1, 0.15) is 12.4 Å². The molecule has 1 amide bonds. The molecule has 9 heteroatoms. The molecule has 1 atom stereocenters. The van der Waals surface area contributed by atoms with Crippen LogP contribution in [0.3, 0.4) is 0 Å². The van der Waals surface area contributed by atoms with E-state index in [0.29, 0.717) is 49.2 Å². The van der Waals surface area contributed by atoms with E-state index in [2.05, 4.69) is 31.9 Å². The predicted molar refractivity (Wildman–Crippen MR) is 100 cm³/mol. The number of nitrogens with zero attached hydrogens (tertiary/aromatic N) is 6. The van der Waals surface area contributed by atoms with Gasteiger partial charge in [0, 0.05) is 19.7 Å². The van der Waals surface area contributed by atoms with Crippen LogP contribution in [0.4, 0.5) is 0 Å². The Kier molecular flexibility index (Phi) is 5.63. The van der Waals surface area contributed by atoms with Crippen LogP contribution in [0.2, 0.25) is 0 Å². The van der Waals surface area contributed by atoms with E-state index in [1.807, 2.05) is 4.90 Å². The van der Waals surface area contributed by atoms with Crippen LogP contribution in [0.25, 0.3) is 11.4 Å². The molecule has 0 bridgehead atoms. The van der Waals surface area contributed by atoms with E-state index in [1.165, 1.54) is 6.33 Å². The summed E-state index contributed by atoms with van der Waals surface area (Å²) in [6.45, 7) is 8.00. The standard InChI is InChI=1S/C19H26N6O3/c1-13-3-5-24(6-4-13)11-17(26)25-7-8-27-16(10-25)18-15(9-20-12-21-18)19-22-14(2)28-23-19/h9,12-13,16H,3-8,10-11H2,1-2H3. The number of aromatic nitrogens is 4. The van der Waals surface area contributed by atoms with Gasteiger partial charge in [0.2, 0.25) is 17.6 Å². The van der Waals surface area contributed by atoms with Crippen LogP contribution >= 0.6 is 0 Å². The molecule has 2 fully saturated rings. The first-order valence-electron chi connectivity index (χ1n) is 9.82. The number of hydrogen-bond donors (Lipinski definition) is 0. The normalized spacial score (nSPS) is 21.8. The summed E-state index contributed by atoms with van der Waals surface area (Å²) >= 11 is 0. The Labute approximate surface area is 164 Å². The minimum Gasteiger partial charge on any atom is -0.368 e. The Morgan fingerprint density at radius 1 is 1.29 bits per heavy atom. The third-order valence-corrected chi connectivity index (χ3v) is 5.47. The summed E-state index contributed by atoms with van der Waals surface area (Å²) in [5.74, 6) is 1.81. The fraction of sp³-hybridized carbons (Fsp3) is 0.632. The number of amides is 1. The fourth-order valence-corrected chi connectivity index (χ4v) is 3.73. The maximum Gasteiger partial charge on any atom is 0.236 e. The number of rotatable bonds is 4. The number of likely N-dealkylation sites (tertiary alicyclic amines) is 1. The summed E-state index contributed by atoms with van der Waals surface area (Å²) in [6.07, 6.45) is 5.12. The van der Waals surface area contributed by atoms with Crippen LogP contribution in [-0.2, 0) is 9.53 Å². The van der Waals surface area contributed by atoms with Gasteiger partial charge in [0.25, 0.3) is 0 Å². The zero-order chi connectivity index (χ0) is 19.5. The lowest BCUT2D eigenvalue weighted by Crippen LogP contribution is -2.48. The van der Waals surface area contributed by atoms with E-state index in [0.717, 1.165) is 31.8 Å². The monoisotopic (exact) mass is 386 g/mol. The molecule has 0 aromatic carbocycles. The van der Waals surface area contributed by atoms with E-state index >= 15 is 0 Å². The molecule has 150 valence electrons. The third kappa shape index (κ3) is 4.20. The smallest absolute Gasteiger partial charge is 0.236 e. The SMILES string of the molecule is Cc1nc(-c2cncnc2C2CN(C(=O)CN3CCC(C)CC3)CCO2)no1. The molecular formula is C19H26N6O3. The van der Waals surface area contributed by atoms with Crippen LogP contribution < -0.4 is 0 Å². The summed E-state index contributed by atoms with van der Waals surface area (Å²) in [7, 11) is 0. The van der Waals surface area contributed by atoms with Crippen molar-refractivity contribution in [3.63, 3.8) is 0 Å². The van der Waals surface area contributed by atoms with Crippen LogP contribution in [0.1, 0.15) is 37.5 Å². The van der Waals surface area contributed by atoms with Crippen LogP contribution in [-0.4, -0.2) is 75.1 Å². The second kappa shape index (κ2) is 8.32. The molecule has 9 nitrogen and oxygen atoms in total. The molecule has 1 unspecified atom stereocenters. The summed E-state index contributed by atoms with van der Waals surface area (Å²) in [4.78, 5) is 29.7. The van der Waals surface area contributed by atoms with Gasteiger partial charge in [-0.3, -0.25) is 9.69 Å². The number of hydrogen-bond acceptors (Lipinski definition) is 8. The maximum atomic E-state index is 12.8. The Hall–Kier alpha value is -2.39. The van der Waals surface area contributed by atoms with Gasteiger partial charge in [-0.25, -0.2) is 9.97 Å². The Balaban J connectivity index is 1.45. The van der Waals surface area contributed by atoms with E-state index < -0.39 is 0 Å². The average Bonchev–Trinajstić information content (AvgIpc) is 3.16. The van der Waals surface area contributed by atoms with E-state index in [4.69, 9.17) is 9.26 Å². The molecule has 2 aromatic heterocycles. The van der Waals surface area contributed by atoms with Crippen molar-refractivity contribution in [1.29, 1.82) is 0 Å². The Morgan fingerprint density at radius 2 is 2.11 bits per heavy atom. The molecule has 4 rings (SSSR count). The van der Waals surface area contributed by atoms with Crippen molar-refractivity contribution in [3.8, 4) is 11.4 Å². The third-order valence-electron chi connectivity index (χ3n) is 5.47. The molecule has 2 aliphatic rings. The molecule has 0 aliphatic carbocycles. The van der Waals surface area contributed by atoms with Gasteiger partial charge in [-0.2, -0.15) is 4.98 Å². The van der Waals surface area contributed by atoms with Crippen LogP contribution in [0.5, 0.6) is 0 Å². The van der Waals surface area contributed by atoms with Crippen molar-refractivity contribution in [1.82, 2.24) is 29.9 Å². The zero-order valence-corrected chi connectivity index (χ0v) is 16.4. The summed E-state index contributed by atoms with van der Waals surface area (Å²) in [6, 6.07) is 0. The molecule has 4 heterocycles. The first-order chi connectivity index (χ1) is 13.6. The first-order valence-corrected chi connectivity index (χ1v) is 9.82. The van der Waals surface area contributed by atoms with Crippen molar-refractivity contribution in [2.24, 2.45) is 5.92 Å². The number of aryl methyl sites for hydroxylation is 1. The highest BCUT2D eigenvalue weighted by Gasteiger charge is 2.30. The van der Waals surface area contributed by atoms with Gasteiger partial charge < -0.3 is 14.2 Å². The Bertz CT molecular complexity index is 818. The molecule has 0 spiro atoms. The average molecular weight is 386 g/mol. The highest BCUT2D eigenvalue weighted by Crippen LogP contribution is 2.28. The summed E-state index contributed by atoms with van der Waals surface area (Å²) in [5, 5.41) is 3.97. The van der Waals surface area contributed by atoms with Gasteiger partial charge in [-0.05, 0) is 31.8 Å². The molecule has 2 aromatic rings. The van der Waals surface area contributed by atoms with Crippen LogP contribution in [0, 0.1) is 12.8 Å². The Morgan fingerprint density at radius 3 is 2.86 bits per heavy atom. The highest BCUT2D eigenvalue weighted by atomic mass is 16.5. The number of ether oxygens (including phenoxy) is 1. The van der Waals surface area contributed by atoms with E-state index in [1.54, 1.807) is 13.1 Å². The minimum absolute atomic E-state index is 0.147. The van der Waals surface area contributed by atoms with E-state index in [9.17, 15) is 4.79 Å². The van der Waals surface area contributed by atoms with Gasteiger partial charge in [-0.15, -0.1) is 0 Å². The molecule has 2 saturated heterocycles. The molecule has 0 N–H and O–H groups in total. The second-order valence-corrected chi connectivity index (χ2v) is 7.62. The van der Waals surface area contributed by atoms with Crippen molar-refractivity contribution in [2.45, 2.75) is 32.8 Å². The topological polar surface area (TPSA) is 97.5 Å². The first kappa shape index (κ1) is 18.9. The number of carbonyl (C=O) groups excluding carboxylic acids is 1. The van der Waals surface area contributed by atoms with Gasteiger partial charge in [-0.1, -0.05) is 12.1 Å². The van der Waals surface area contributed by atoms with Gasteiger partial charge in [0.05, 0.1) is 31.0 Å². The van der Waals surface area contributed by atoms with Gasteiger partial charge >= 0.3 is 0 Å². The van der Waals surface area contributed by atoms with Gasteiger partial charge in [0.15, 0.2) is 0 Å². The predicted octanol–water partition coefficient (Wildman–Crippen LogP) is 1.47. The number of piperidine rings is 1. The quantitative estimate of drug-likeness (QED) is 0.779. The van der Waals surface area contributed by atoms with E-state index in [-0.39, 0.29) is 12.0 Å². The lowest BCUT2D eigenvalue weighted by Gasteiger charge is -2.36. The van der Waals surface area contributed by atoms with Crippen molar-refractivity contribution in [2.75, 3.05) is 39.3 Å². The number of carbonyl (C=O) groups is 1. The highest BCUT2D eigenvalue weighted by molar-refractivity contribution is 5.78. The molecule has 2 aliphatic heterocycles. The van der Waals surface area contributed by atoms with Crippen molar-refractivity contribution >= 4 is 5.91 Å². The molecule has 0 saturated carbocycles. The number of morpholine rings is 1.